The minimum atomic E-state index is -0.0537. The van der Waals surface area contributed by atoms with Crippen LogP contribution in [0.3, 0.4) is 0 Å². The van der Waals surface area contributed by atoms with Gasteiger partial charge in [-0.3, -0.25) is 0 Å². The molecule has 0 amide bonds. The van der Waals surface area contributed by atoms with Gasteiger partial charge in [-0.25, -0.2) is 0 Å². The first kappa shape index (κ1) is 15.7. The van der Waals surface area contributed by atoms with Crippen molar-refractivity contribution in [1.29, 1.82) is 0 Å². The summed E-state index contributed by atoms with van der Waals surface area (Å²) in [5.41, 5.74) is 2.45. The van der Waals surface area contributed by atoms with Gasteiger partial charge in [0.05, 0.1) is 12.2 Å². The minimum Gasteiger partial charge on any atom is -0.371 e. The molecule has 0 atom stereocenters. The summed E-state index contributed by atoms with van der Waals surface area (Å²) in [7, 11) is 0. The van der Waals surface area contributed by atoms with Gasteiger partial charge in [-0.15, -0.1) is 0 Å². The maximum absolute atomic E-state index is 5.92. The van der Waals surface area contributed by atoms with Crippen LogP contribution >= 0.6 is 15.9 Å². The van der Waals surface area contributed by atoms with E-state index >= 15 is 0 Å². The molecule has 0 spiro atoms. The molecule has 0 saturated heterocycles. The first-order chi connectivity index (χ1) is 8.48. The van der Waals surface area contributed by atoms with Gasteiger partial charge in [0.2, 0.25) is 0 Å². The number of rotatable bonds is 7. The summed E-state index contributed by atoms with van der Waals surface area (Å²) in [6, 6.07) is 6.47. The number of ether oxygens (including phenoxy) is 1. The van der Waals surface area contributed by atoms with Crippen LogP contribution < -0.4 is 5.32 Å². The topological polar surface area (TPSA) is 21.3 Å². The second-order valence-electron chi connectivity index (χ2n) is 5.11. The van der Waals surface area contributed by atoms with E-state index in [1.165, 1.54) is 11.1 Å². The van der Waals surface area contributed by atoms with E-state index in [4.69, 9.17) is 4.74 Å². The lowest BCUT2D eigenvalue weighted by Crippen LogP contribution is -2.22. The quantitative estimate of drug-likeness (QED) is 0.812. The zero-order chi connectivity index (χ0) is 13.6. The lowest BCUT2D eigenvalue weighted by atomic mass is 10.1. The predicted molar refractivity (Wildman–Crippen MR) is 80.7 cm³/mol. The summed E-state index contributed by atoms with van der Waals surface area (Å²) in [6.45, 7) is 11.1. The Labute approximate surface area is 119 Å². The maximum atomic E-state index is 5.92. The third kappa shape index (κ3) is 5.09. The van der Waals surface area contributed by atoms with E-state index < -0.39 is 0 Å². The number of benzene rings is 1. The summed E-state index contributed by atoms with van der Waals surface area (Å²) < 4.78 is 7.05. The molecule has 0 fully saturated rings. The van der Waals surface area contributed by atoms with Gasteiger partial charge in [0.1, 0.15) is 0 Å². The van der Waals surface area contributed by atoms with Crippen LogP contribution in [0.5, 0.6) is 0 Å². The molecule has 18 heavy (non-hydrogen) atoms. The van der Waals surface area contributed by atoms with Gasteiger partial charge in [0.15, 0.2) is 0 Å². The van der Waals surface area contributed by atoms with Crippen molar-refractivity contribution in [3.8, 4) is 0 Å². The van der Waals surface area contributed by atoms with Crippen molar-refractivity contribution in [1.82, 2.24) is 5.32 Å². The zero-order valence-electron chi connectivity index (χ0n) is 11.8. The van der Waals surface area contributed by atoms with Crippen LogP contribution in [0.4, 0.5) is 0 Å². The van der Waals surface area contributed by atoms with Crippen molar-refractivity contribution in [2.45, 2.75) is 52.9 Å². The highest BCUT2D eigenvalue weighted by molar-refractivity contribution is 9.10. The number of hydrogen-bond acceptors (Lipinski definition) is 2. The molecule has 1 N–H and O–H groups in total. The largest absolute Gasteiger partial charge is 0.371 e. The SMILES string of the molecule is CCNCc1ccc(COC(C)(C)CC)c(Br)c1. The molecule has 3 heteroatoms. The molecule has 2 nitrogen and oxygen atoms in total. The summed E-state index contributed by atoms with van der Waals surface area (Å²) in [5, 5.41) is 3.32. The van der Waals surface area contributed by atoms with Gasteiger partial charge in [-0.2, -0.15) is 0 Å². The highest BCUT2D eigenvalue weighted by Crippen LogP contribution is 2.23. The summed E-state index contributed by atoms with van der Waals surface area (Å²) in [6.07, 6.45) is 1.02. The molecular weight excluding hydrogens is 290 g/mol. The van der Waals surface area contributed by atoms with Crippen LogP contribution in [0.15, 0.2) is 22.7 Å². The summed E-state index contributed by atoms with van der Waals surface area (Å²) >= 11 is 3.62. The van der Waals surface area contributed by atoms with E-state index in [1.54, 1.807) is 0 Å². The van der Waals surface area contributed by atoms with Crippen LogP contribution in [0.2, 0.25) is 0 Å². The molecule has 0 aliphatic heterocycles. The second-order valence-corrected chi connectivity index (χ2v) is 5.96. The lowest BCUT2D eigenvalue weighted by molar-refractivity contribution is -0.0318. The van der Waals surface area contributed by atoms with E-state index in [2.05, 4.69) is 67.1 Å². The van der Waals surface area contributed by atoms with Gasteiger partial charge < -0.3 is 10.1 Å². The number of hydrogen-bond donors (Lipinski definition) is 1. The Bertz CT molecular complexity index is 377. The van der Waals surface area contributed by atoms with Gasteiger partial charge in [-0.05, 0) is 44.0 Å². The van der Waals surface area contributed by atoms with E-state index in [1.807, 2.05) is 0 Å². The van der Waals surface area contributed by atoms with Crippen molar-refractivity contribution >= 4 is 15.9 Å². The third-order valence-corrected chi connectivity index (χ3v) is 3.90. The van der Waals surface area contributed by atoms with E-state index in [0.717, 1.165) is 24.0 Å². The summed E-state index contributed by atoms with van der Waals surface area (Å²) in [4.78, 5) is 0. The zero-order valence-corrected chi connectivity index (χ0v) is 13.4. The fraction of sp³-hybridized carbons (Fsp3) is 0.600. The van der Waals surface area contributed by atoms with Gasteiger partial charge in [0, 0.05) is 11.0 Å². The smallest absolute Gasteiger partial charge is 0.0735 e. The fourth-order valence-electron chi connectivity index (χ4n) is 1.46. The van der Waals surface area contributed by atoms with E-state index in [9.17, 15) is 0 Å². The van der Waals surface area contributed by atoms with Crippen molar-refractivity contribution in [2.75, 3.05) is 6.54 Å². The van der Waals surface area contributed by atoms with Crippen LogP contribution in [0, 0.1) is 0 Å². The van der Waals surface area contributed by atoms with Crippen molar-refractivity contribution in [3.05, 3.63) is 33.8 Å². The van der Waals surface area contributed by atoms with Crippen LogP contribution in [0.25, 0.3) is 0 Å². The average Bonchev–Trinajstić information content (AvgIpc) is 2.35. The van der Waals surface area contributed by atoms with Crippen molar-refractivity contribution < 1.29 is 4.74 Å². The molecule has 0 saturated carbocycles. The molecule has 0 heterocycles. The molecule has 0 bridgehead atoms. The molecule has 0 radical (unpaired) electrons. The number of halogens is 1. The third-order valence-electron chi connectivity index (χ3n) is 3.17. The maximum Gasteiger partial charge on any atom is 0.0735 e. The summed E-state index contributed by atoms with van der Waals surface area (Å²) in [5.74, 6) is 0. The van der Waals surface area contributed by atoms with Gasteiger partial charge in [-0.1, -0.05) is 41.9 Å². The van der Waals surface area contributed by atoms with Crippen LogP contribution in [-0.4, -0.2) is 12.1 Å². The Morgan fingerprint density at radius 1 is 1.28 bits per heavy atom. The molecule has 102 valence electrons. The highest BCUT2D eigenvalue weighted by Gasteiger charge is 2.15. The Hall–Kier alpha value is -0.380. The molecule has 0 unspecified atom stereocenters. The second kappa shape index (κ2) is 7.27. The molecule has 1 aromatic rings. The predicted octanol–water partition coefficient (Wildman–Crippen LogP) is 4.26. The fourth-order valence-corrected chi connectivity index (χ4v) is 2.00. The monoisotopic (exact) mass is 313 g/mol. The average molecular weight is 314 g/mol. The Kier molecular flexibility index (Phi) is 6.33. The molecule has 1 rings (SSSR count). The standard InChI is InChI=1S/C15H24BrNO/c1-5-15(3,4)18-11-13-8-7-12(9-14(13)16)10-17-6-2/h7-9,17H,5-6,10-11H2,1-4H3. The van der Waals surface area contributed by atoms with Gasteiger partial charge >= 0.3 is 0 Å². The lowest BCUT2D eigenvalue weighted by Gasteiger charge is -2.24. The van der Waals surface area contributed by atoms with Crippen molar-refractivity contribution in [3.63, 3.8) is 0 Å². The normalized spacial score (nSPS) is 11.8. The first-order valence-electron chi connectivity index (χ1n) is 6.60. The molecule has 1 aromatic carbocycles. The number of nitrogens with one attached hydrogen (secondary N) is 1. The molecular formula is C15H24BrNO. The van der Waals surface area contributed by atoms with Gasteiger partial charge in [0.25, 0.3) is 0 Å². The van der Waals surface area contributed by atoms with Crippen LogP contribution in [0.1, 0.15) is 45.2 Å². The Morgan fingerprint density at radius 3 is 2.56 bits per heavy atom. The Morgan fingerprint density at radius 2 is 2.00 bits per heavy atom. The van der Waals surface area contributed by atoms with E-state index in [0.29, 0.717) is 6.61 Å². The Balaban J connectivity index is 2.62. The highest BCUT2D eigenvalue weighted by atomic mass is 79.9. The van der Waals surface area contributed by atoms with E-state index in [-0.39, 0.29) is 5.60 Å². The minimum absolute atomic E-state index is 0.0537. The molecule has 0 aliphatic carbocycles. The molecule has 0 aromatic heterocycles. The van der Waals surface area contributed by atoms with Crippen LogP contribution in [-0.2, 0) is 17.9 Å². The molecule has 0 aliphatic rings. The first-order valence-corrected chi connectivity index (χ1v) is 7.39. The van der Waals surface area contributed by atoms with Crippen molar-refractivity contribution in [2.24, 2.45) is 0 Å².